The van der Waals surface area contributed by atoms with E-state index in [0.717, 1.165) is 29.1 Å². The van der Waals surface area contributed by atoms with Crippen molar-refractivity contribution in [3.05, 3.63) is 36.0 Å². The van der Waals surface area contributed by atoms with Crippen LogP contribution < -0.4 is 10.1 Å². The molecular formula is C16H23N3O. The molecule has 0 saturated heterocycles. The van der Waals surface area contributed by atoms with Crippen LogP contribution in [0.2, 0.25) is 0 Å². The van der Waals surface area contributed by atoms with Gasteiger partial charge in [0.15, 0.2) is 0 Å². The fraction of sp³-hybridized carbons (Fsp3) is 0.438. The van der Waals surface area contributed by atoms with E-state index in [-0.39, 0.29) is 5.54 Å². The molecule has 0 amide bonds. The molecular weight excluding hydrogens is 250 g/mol. The van der Waals surface area contributed by atoms with Gasteiger partial charge >= 0.3 is 0 Å². The van der Waals surface area contributed by atoms with E-state index in [2.05, 4.69) is 42.4 Å². The Hall–Kier alpha value is -1.81. The third-order valence-corrected chi connectivity index (χ3v) is 2.98. The maximum Gasteiger partial charge on any atom is 0.128 e. The Kier molecular flexibility index (Phi) is 4.45. The van der Waals surface area contributed by atoms with Crippen molar-refractivity contribution >= 4 is 0 Å². The summed E-state index contributed by atoms with van der Waals surface area (Å²) in [5.74, 6) is 0.885. The van der Waals surface area contributed by atoms with Crippen LogP contribution in [-0.4, -0.2) is 22.3 Å². The van der Waals surface area contributed by atoms with E-state index in [0.29, 0.717) is 6.61 Å². The fourth-order valence-electron chi connectivity index (χ4n) is 1.99. The van der Waals surface area contributed by atoms with Gasteiger partial charge in [-0.1, -0.05) is 12.1 Å². The maximum atomic E-state index is 5.69. The normalized spacial score (nSPS) is 11.6. The summed E-state index contributed by atoms with van der Waals surface area (Å²) in [6, 6.07) is 8.04. The number of aromatic nitrogens is 2. The Morgan fingerprint density at radius 2 is 2.00 bits per heavy atom. The Bertz CT molecular complexity index is 555. The standard InChI is InChI=1S/C16H23N3O/c1-5-20-14-9-7-6-8-13(14)15-12(11-18-19-15)10-17-16(2,3)4/h6-9,11,17H,5,10H2,1-4H3,(H,18,19). The lowest BCUT2D eigenvalue weighted by Crippen LogP contribution is -2.35. The smallest absolute Gasteiger partial charge is 0.128 e. The van der Waals surface area contributed by atoms with E-state index >= 15 is 0 Å². The molecule has 0 radical (unpaired) electrons. The van der Waals surface area contributed by atoms with Gasteiger partial charge in [-0.2, -0.15) is 5.10 Å². The van der Waals surface area contributed by atoms with Crippen LogP contribution in [0.3, 0.4) is 0 Å². The molecule has 0 fully saturated rings. The minimum atomic E-state index is 0.0774. The van der Waals surface area contributed by atoms with Crippen molar-refractivity contribution < 1.29 is 4.74 Å². The first-order valence-corrected chi connectivity index (χ1v) is 7.00. The number of hydrogen-bond donors (Lipinski definition) is 2. The van der Waals surface area contributed by atoms with E-state index in [9.17, 15) is 0 Å². The zero-order chi connectivity index (χ0) is 14.6. The van der Waals surface area contributed by atoms with Gasteiger partial charge in [0.1, 0.15) is 5.75 Å². The number of H-pyrrole nitrogens is 1. The highest BCUT2D eigenvalue weighted by atomic mass is 16.5. The second-order valence-corrected chi connectivity index (χ2v) is 5.80. The van der Waals surface area contributed by atoms with Crippen LogP contribution in [0.1, 0.15) is 33.3 Å². The zero-order valence-electron chi connectivity index (χ0n) is 12.7. The van der Waals surface area contributed by atoms with E-state index in [1.165, 1.54) is 0 Å². The summed E-state index contributed by atoms with van der Waals surface area (Å²) in [4.78, 5) is 0. The molecule has 2 rings (SSSR count). The first-order valence-electron chi connectivity index (χ1n) is 7.00. The molecule has 0 aliphatic heterocycles. The van der Waals surface area contributed by atoms with Gasteiger partial charge in [0.25, 0.3) is 0 Å². The summed E-state index contributed by atoms with van der Waals surface area (Å²) in [5.41, 5.74) is 3.30. The number of aromatic amines is 1. The highest BCUT2D eigenvalue weighted by Crippen LogP contribution is 2.30. The second kappa shape index (κ2) is 6.09. The molecule has 2 aromatic rings. The number of nitrogens with one attached hydrogen (secondary N) is 2. The summed E-state index contributed by atoms with van der Waals surface area (Å²) in [7, 11) is 0. The molecule has 0 bridgehead atoms. The highest BCUT2D eigenvalue weighted by Gasteiger charge is 2.15. The second-order valence-electron chi connectivity index (χ2n) is 5.80. The summed E-state index contributed by atoms with van der Waals surface area (Å²) >= 11 is 0. The van der Waals surface area contributed by atoms with Crippen molar-refractivity contribution in [2.24, 2.45) is 0 Å². The van der Waals surface area contributed by atoms with Gasteiger partial charge < -0.3 is 10.1 Å². The van der Waals surface area contributed by atoms with Crippen molar-refractivity contribution in [1.82, 2.24) is 15.5 Å². The third kappa shape index (κ3) is 3.61. The van der Waals surface area contributed by atoms with E-state index in [1.54, 1.807) is 0 Å². The zero-order valence-corrected chi connectivity index (χ0v) is 12.7. The summed E-state index contributed by atoms with van der Waals surface area (Å²) < 4.78 is 5.69. The van der Waals surface area contributed by atoms with Crippen LogP contribution >= 0.6 is 0 Å². The van der Waals surface area contributed by atoms with Gasteiger partial charge in [0, 0.05) is 23.2 Å². The largest absolute Gasteiger partial charge is 0.493 e. The topological polar surface area (TPSA) is 49.9 Å². The minimum absolute atomic E-state index is 0.0774. The molecule has 4 nitrogen and oxygen atoms in total. The van der Waals surface area contributed by atoms with Crippen molar-refractivity contribution in [3.8, 4) is 17.0 Å². The Morgan fingerprint density at radius 1 is 1.25 bits per heavy atom. The first kappa shape index (κ1) is 14.6. The molecule has 0 spiro atoms. The number of benzene rings is 1. The van der Waals surface area contributed by atoms with Crippen LogP contribution in [0.15, 0.2) is 30.5 Å². The van der Waals surface area contributed by atoms with E-state index in [4.69, 9.17) is 4.74 Å². The summed E-state index contributed by atoms with van der Waals surface area (Å²) in [6.45, 7) is 9.88. The molecule has 2 N–H and O–H groups in total. The average Bonchev–Trinajstić information content (AvgIpc) is 2.85. The van der Waals surface area contributed by atoms with Gasteiger partial charge in [0.2, 0.25) is 0 Å². The number of ether oxygens (including phenoxy) is 1. The lowest BCUT2D eigenvalue weighted by molar-refractivity contribution is 0.341. The quantitative estimate of drug-likeness (QED) is 0.878. The Labute approximate surface area is 120 Å². The van der Waals surface area contributed by atoms with E-state index < -0.39 is 0 Å². The van der Waals surface area contributed by atoms with Crippen molar-refractivity contribution in [2.45, 2.75) is 39.8 Å². The van der Waals surface area contributed by atoms with Crippen LogP contribution in [0, 0.1) is 0 Å². The molecule has 1 aromatic heterocycles. The molecule has 1 aromatic carbocycles. The number of rotatable bonds is 5. The molecule has 108 valence electrons. The van der Waals surface area contributed by atoms with Crippen molar-refractivity contribution in [3.63, 3.8) is 0 Å². The molecule has 0 unspecified atom stereocenters. The van der Waals surface area contributed by atoms with Crippen LogP contribution in [0.5, 0.6) is 5.75 Å². The van der Waals surface area contributed by atoms with Crippen LogP contribution in [-0.2, 0) is 6.54 Å². The molecule has 20 heavy (non-hydrogen) atoms. The van der Waals surface area contributed by atoms with Crippen LogP contribution in [0.4, 0.5) is 0 Å². The fourth-order valence-corrected chi connectivity index (χ4v) is 1.99. The predicted octanol–water partition coefficient (Wildman–Crippen LogP) is 3.36. The Morgan fingerprint density at radius 3 is 2.70 bits per heavy atom. The number of nitrogens with zero attached hydrogens (tertiary/aromatic N) is 1. The van der Waals surface area contributed by atoms with Crippen LogP contribution in [0.25, 0.3) is 11.3 Å². The van der Waals surface area contributed by atoms with Gasteiger partial charge in [-0.05, 0) is 39.8 Å². The number of para-hydroxylation sites is 1. The molecule has 0 atom stereocenters. The summed E-state index contributed by atoms with van der Waals surface area (Å²) in [5, 5.41) is 10.8. The summed E-state index contributed by atoms with van der Waals surface area (Å²) in [6.07, 6.45) is 1.87. The highest BCUT2D eigenvalue weighted by molar-refractivity contribution is 5.69. The van der Waals surface area contributed by atoms with Gasteiger partial charge in [0.05, 0.1) is 18.5 Å². The predicted molar refractivity (Wildman–Crippen MR) is 81.8 cm³/mol. The molecule has 1 heterocycles. The minimum Gasteiger partial charge on any atom is -0.493 e. The first-order chi connectivity index (χ1) is 9.51. The maximum absolute atomic E-state index is 5.69. The van der Waals surface area contributed by atoms with E-state index in [1.807, 2.05) is 31.3 Å². The SMILES string of the molecule is CCOc1ccccc1-c1[nH]ncc1CNC(C)(C)C. The molecule has 0 saturated carbocycles. The third-order valence-electron chi connectivity index (χ3n) is 2.98. The van der Waals surface area contributed by atoms with Gasteiger partial charge in [-0.3, -0.25) is 5.10 Å². The van der Waals surface area contributed by atoms with Crippen molar-refractivity contribution in [1.29, 1.82) is 0 Å². The van der Waals surface area contributed by atoms with Crippen molar-refractivity contribution in [2.75, 3.05) is 6.61 Å². The number of hydrogen-bond acceptors (Lipinski definition) is 3. The molecule has 0 aliphatic rings. The average molecular weight is 273 g/mol. The Balaban J connectivity index is 2.28. The molecule has 0 aliphatic carbocycles. The van der Waals surface area contributed by atoms with Gasteiger partial charge in [-0.15, -0.1) is 0 Å². The van der Waals surface area contributed by atoms with Gasteiger partial charge in [-0.25, -0.2) is 0 Å². The molecule has 4 heteroatoms. The lowest BCUT2D eigenvalue weighted by atomic mass is 10.1. The lowest BCUT2D eigenvalue weighted by Gasteiger charge is -2.20. The monoisotopic (exact) mass is 273 g/mol.